The Bertz CT molecular complexity index is 779. The van der Waals surface area contributed by atoms with Gasteiger partial charge in [-0.05, 0) is 75.7 Å². The maximum atomic E-state index is 12.8. The van der Waals surface area contributed by atoms with Gasteiger partial charge in [0.05, 0.1) is 0 Å². The highest BCUT2D eigenvalue weighted by molar-refractivity contribution is 5.92. The van der Waals surface area contributed by atoms with Gasteiger partial charge in [0.25, 0.3) is 0 Å². The lowest BCUT2D eigenvalue weighted by Crippen LogP contribution is -2.58. The maximum Gasteiger partial charge on any atom is 0.303 e. The lowest BCUT2D eigenvalue weighted by molar-refractivity contribution is -0.186. The molecule has 0 aliphatic heterocycles. The zero-order valence-electron chi connectivity index (χ0n) is 17.4. The summed E-state index contributed by atoms with van der Waals surface area (Å²) in [6.45, 7) is 9.38. The van der Waals surface area contributed by atoms with Crippen LogP contribution in [0, 0.1) is 28.6 Å². The number of allylic oxidation sites excluding steroid dienone is 2. The fourth-order valence-electron chi connectivity index (χ4n) is 7.72. The lowest BCUT2D eigenvalue weighted by Gasteiger charge is -2.59. The van der Waals surface area contributed by atoms with Crippen LogP contribution in [0.3, 0.4) is 0 Å². The fourth-order valence-corrected chi connectivity index (χ4v) is 7.72. The molecule has 28 heavy (non-hydrogen) atoms. The highest BCUT2D eigenvalue weighted by atomic mass is 16.6. The molecule has 0 radical (unpaired) electrons. The molecule has 0 N–H and O–H groups in total. The van der Waals surface area contributed by atoms with Crippen molar-refractivity contribution in [3.05, 3.63) is 24.3 Å². The van der Waals surface area contributed by atoms with Crippen molar-refractivity contribution in [2.75, 3.05) is 0 Å². The van der Waals surface area contributed by atoms with E-state index in [9.17, 15) is 14.4 Å². The van der Waals surface area contributed by atoms with E-state index in [-0.39, 0.29) is 28.4 Å². The van der Waals surface area contributed by atoms with E-state index in [0.29, 0.717) is 30.6 Å². The first-order valence-electron chi connectivity index (χ1n) is 10.8. The molecular formula is C24H32O4. The monoisotopic (exact) mass is 384 g/mol. The van der Waals surface area contributed by atoms with Crippen LogP contribution in [0.25, 0.3) is 0 Å². The molecule has 0 spiro atoms. The summed E-state index contributed by atoms with van der Waals surface area (Å²) in [6, 6.07) is 0. The van der Waals surface area contributed by atoms with Crippen LogP contribution < -0.4 is 0 Å². The predicted molar refractivity (Wildman–Crippen MR) is 106 cm³/mol. The summed E-state index contributed by atoms with van der Waals surface area (Å²) >= 11 is 0. The molecule has 0 amide bonds. The van der Waals surface area contributed by atoms with Gasteiger partial charge in [-0.1, -0.05) is 18.6 Å². The number of carbonyl (C=O) groups is 3. The molecule has 6 atom stereocenters. The topological polar surface area (TPSA) is 60.4 Å². The number of ether oxygens (including phenoxy) is 1. The van der Waals surface area contributed by atoms with Crippen molar-refractivity contribution < 1.29 is 19.1 Å². The van der Waals surface area contributed by atoms with Gasteiger partial charge in [0, 0.05) is 24.2 Å². The van der Waals surface area contributed by atoms with Gasteiger partial charge in [-0.3, -0.25) is 14.4 Å². The van der Waals surface area contributed by atoms with Crippen molar-refractivity contribution in [1.82, 2.24) is 0 Å². The zero-order chi connectivity index (χ0) is 20.3. The Morgan fingerprint density at radius 2 is 1.82 bits per heavy atom. The molecule has 0 aromatic rings. The third kappa shape index (κ3) is 2.39. The van der Waals surface area contributed by atoms with Gasteiger partial charge in [-0.15, -0.1) is 6.58 Å². The number of ketones is 2. The van der Waals surface area contributed by atoms with Gasteiger partial charge in [0.15, 0.2) is 17.2 Å². The van der Waals surface area contributed by atoms with E-state index < -0.39 is 5.60 Å². The van der Waals surface area contributed by atoms with Crippen LogP contribution in [0.2, 0.25) is 0 Å². The summed E-state index contributed by atoms with van der Waals surface area (Å²) < 4.78 is 5.82. The SMILES string of the molecule is C=C[C@@]12CCC(=O)C=C1CC[C@H]1[C@@H]3CC[C@](OC(C)=O)(C(C)=O)[C@@]3(C)CC[C@@H]12. The van der Waals surface area contributed by atoms with E-state index in [1.807, 2.05) is 6.08 Å². The molecular weight excluding hydrogens is 352 g/mol. The van der Waals surface area contributed by atoms with Gasteiger partial charge >= 0.3 is 5.97 Å². The highest BCUT2D eigenvalue weighted by Crippen LogP contribution is 2.68. The highest BCUT2D eigenvalue weighted by Gasteiger charge is 2.67. The van der Waals surface area contributed by atoms with Crippen LogP contribution in [-0.2, 0) is 19.1 Å². The number of esters is 1. The second kappa shape index (κ2) is 6.40. The number of rotatable bonds is 3. The average Bonchev–Trinajstić information content (AvgIpc) is 2.94. The van der Waals surface area contributed by atoms with E-state index in [0.717, 1.165) is 38.5 Å². The van der Waals surface area contributed by atoms with Gasteiger partial charge in [-0.2, -0.15) is 0 Å². The molecule has 152 valence electrons. The normalized spacial score (nSPS) is 44.6. The minimum atomic E-state index is -0.978. The van der Waals surface area contributed by atoms with E-state index in [4.69, 9.17) is 4.74 Å². The first kappa shape index (κ1) is 19.6. The van der Waals surface area contributed by atoms with Gasteiger partial charge in [0.1, 0.15) is 0 Å². The Hall–Kier alpha value is -1.71. The van der Waals surface area contributed by atoms with Crippen LogP contribution in [0.15, 0.2) is 24.3 Å². The quantitative estimate of drug-likeness (QED) is 0.528. The molecule has 4 nitrogen and oxygen atoms in total. The van der Waals surface area contributed by atoms with Gasteiger partial charge in [-0.25, -0.2) is 0 Å². The second-order valence-electron chi connectivity index (χ2n) is 9.77. The molecule has 4 aliphatic rings. The Kier molecular flexibility index (Phi) is 4.48. The van der Waals surface area contributed by atoms with Crippen LogP contribution in [0.4, 0.5) is 0 Å². The summed E-state index contributed by atoms with van der Waals surface area (Å²) in [4.78, 5) is 36.7. The molecule has 4 heteroatoms. The van der Waals surface area contributed by atoms with Crippen LogP contribution >= 0.6 is 0 Å². The molecule has 3 saturated carbocycles. The molecule has 4 aliphatic carbocycles. The molecule has 0 saturated heterocycles. The number of Topliss-reactive ketones (excluding diaryl/α,β-unsaturated/α-hetero) is 1. The second-order valence-corrected chi connectivity index (χ2v) is 9.77. The molecule has 0 heterocycles. The average molecular weight is 385 g/mol. The predicted octanol–water partition coefficient (Wildman–Crippen LogP) is 4.58. The van der Waals surface area contributed by atoms with Crippen LogP contribution in [0.1, 0.15) is 72.1 Å². The minimum absolute atomic E-state index is 0.00996. The summed E-state index contributed by atoms with van der Waals surface area (Å²) in [7, 11) is 0. The van der Waals surface area contributed by atoms with Crippen molar-refractivity contribution in [3.63, 3.8) is 0 Å². The standard InChI is InChI=1S/C24H32O4/c1-5-23-12-8-18(27)14-17(23)6-7-19-20-10-13-24(15(2)25,28-16(3)26)22(20,4)11-9-21(19)23/h5,14,19-21H,1,6-13H2,2-4H3/t19-,20-,21-,22-,23+,24-/m0/s1. The van der Waals surface area contributed by atoms with Crippen LogP contribution in [-0.4, -0.2) is 23.1 Å². The molecule has 4 rings (SSSR count). The summed E-state index contributed by atoms with van der Waals surface area (Å²) in [5.41, 5.74) is -0.0747. The maximum absolute atomic E-state index is 12.8. The number of hydrogen-bond donors (Lipinski definition) is 0. The number of fused-ring (bicyclic) bond motifs is 5. The van der Waals surface area contributed by atoms with Gasteiger partial charge in [0.2, 0.25) is 0 Å². The smallest absolute Gasteiger partial charge is 0.303 e. The van der Waals surface area contributed by atoms with Crippen molar-refractivity contribution >= 4 is 17.5 Å². The molecule has 0 aromatic carbocycles. The first-order chi connectivity index (χ1) is 13.2. The van der Waals surface area contributed by atoms with Crippen molar-refractivity contribution in [2.45, 2.75) is 77.7 Å². The third-order valence-corrected chi connectivity index (χ3v) is 8.93. The minimum Gasteiger partial charge on any atom is -0.451 e. The summed E-state index contributed by atoms with van der Waals surface area (Å²) in [6.07, 6.45) is 10.9. The van der Waals surface area contributed by atoms with Crippen molar-refractivity contribution in [2.24, 2.45) is 28.6 Å². The fraction of sp³-hybridized carbons (Fsp3) is 0.708. The Morgan fingerprint density at radius 3 is 2.46 bits per heavy atom. The van der Waals surface area contributed by atoms with Crippen LogP contribution in [0.5, 0.6) is 0 Å². The Balaban J connectivity index is 1.73. The third-order valence-electron chi connectivity index (χ3n) is 8.93. The summed E-state index contributed by atoms with van der Waals surface area (Å²) in [5.74, 6) is 1.20. The molecule has 0 unspecified atom stereocenters. The van der Waals surface area contributed by atoms with E-state index in [1.54, 1.807) is 6.92 Å². The first-order valence-corrected chi connectivity index (χ1v) is 10.8. The van der Waals surface area contributed by atoms with E-state index in [1.165, 1.54) is 12.5 Å². The number of hydrogen-bond acceptors (Lipinski definition) is 4. The number of carbonyl (C=O) groups excluding carboxylic acids is 3. The van der Waals surface area contributed by atoms with E-state index >= 15 is 0 Å². The molecule has 0 aromatic heterocycles. The summed E-state index contributed by atoms with van der Waals surface area (Å²) in [5, 5.41) is 0. The lowest BCUT2D eigenvalue weighted by atomic mass is 9.46. The Labute approximate surface area is 167 Å². The van der Waals surface area contributed by atoms with E-state index in [2.05, 4.69) is 19.6 Å². The van der Waals surface area contributed by atoms with Gasteiger partial charge < -0.3 is 4.74 Å². The molecule has 3 fully saturated rings. The van der Waals surface area contributed by atoms with Crippen molar-refractivity contribution in [3.8, 4) is 0 Å². The molecule has 0 bridgehead atoms. The van der Waals surface area contributed by atoms with Crippen molar-refractivity contribution in [1.29, 1.82) is 0 Å². The largest absolute Gasteiger partial charge is 0.451 e. The Morgan fingerprint density at radius 1 is 1.11 bits per heavy atom. The zero-order valence-corrected chi connectivity index (χ0v) is 17.4.